The van der Waals surface area contributed by atoms with E-state index in [1.165, 1.54) is 4.90 Å². The topological polar surface area (TPSA) is 65.1 Å². The first kappa shape index (κ1) is 16.0. The van der Waals surface area contributed by atoms with E-state index in [1.807, 2.05) is 19.0 Å². The van der Waals surface area contributed by atoms with E-state index in [2.05, 4.69) is 5.16 Å². The number of halogens is 3. The highest BCUT2D eigenvalue weighted by Gasteiger charge is 2.43. The van der Waals surface area contributed by atoms with E-state index in [1.54, 1.807) is 7.05 Å². The summed E-state index contributed by atoms with van der Waals surface area (Å²) < 4.78 is 37.8. The van der Waals surface area contributed by atoms with Crippen LogP contribution in [0.3, 0.4) is 0 Å². The lowest BCUT2D eigenvalue weighted by Crippen LogP contribution is -2.44. The first-order chi connectivity index (χ1) is 7.68. The molecule has 0 bridgehead atoms. The second-order valence-corrected chi connectivity index (χ2v) is 4.18. The van der Waals surface area contributed by atoms with Crippen molar-refractivity contribution in [3.8, 4) is 0 Å². The third-order valence-corrected chi connectivity index (χ3v) is 2.29. The van der Waals surface area contributed by atoms with Gasteiger partial charge in [-0.1, -0.05) is 5.16 Å². The zero-order valence-electron chi connectivity index (χ0n) is 10.2. The van der Waals surface area contributed by atoms with Crippen LogP contribution in [-0.2, 0) is 0 Å². The van der Waals surface area contributed by atoms with Gasteiger partial charge >= 0.3 is 6.18 Å². The molecule has 0 aromatic carbocycles. The van der Waals surface area contributed by atoms with Gasteiger partial charge in [0.25, 0.3) is 0 Å². The highest BCUT2D eigenvalue weighted by molar-refractivity contribution is 5.83. The predicted octanol–water partition coefficient (Wildman–Crippen LogP) is 0.405. The van der Waals surface area contributed by atoms with E-state index in [4.69, 9.17) is 10.9 Å². The van der Waals surface area contributed by atoms with Crippen LogP contribution in [0.4, 0.5) is 13.2 Å². The minimum Gasteiger partial charge on any atom is -0.409 e. The van der Waals surface area contributed by atoms with Gasteiger partial charge in [-0.05, 0) is 21.1 Å². The summed E-state index contributed by atoms with van der Waals surface area (Å²) in [6.07, 6.45) is -4.51. The number of likely N-dealkylation sites (N-methyl/N-ethyl adjacent to an activating group) is 2. The standard InChI is InChI=1S/C9H19F3N4O/c1-15(2)4-5-16(3)6-7(8(13)14-17)9(10,11)12/h7,17H,4-6H2,1-3H3,(H2,13,14). The van der Waals surface area contributed by atoms with Crippen molar-refractivity contribution in [3.63, 3.8) is 0 Å². The second kappa shape index (κ2) is 6.65. The quantitative estimate of drug-likeness (QED) is 0.312. The van der Waals surface area contributed by atoms with Gasteiger partial charge in [0.15, 0.2) is 5.84 Å². The number of hydrogen-bond acceptors (Lipinski definition) is 4. The van der Waals surface area contributed by atoms with Crippen molar-refractivity contribution in [2.45, 2.75) is 6.18 Å². The van der Waals surface area contributed by atoms with Gasteiger partial charge in [-0.15, -0.1) is 0 Å². The van der Waals surface area contributed by atoms with Gasteiger partial charge in [0, 0.05) is 19.6 Å². The number of oxime groups is 1. The fourth-order valence-corrected chi connectivity index (χ4v) is 1.21. The third-order valence-electron chi connectivity index (χ3n) is 2.29. The molecular weight excluding hydrogens is 237 g/mol. The van der Waals surface area contributed by atoms with Gasteiger partial charge in [-0.3, -0.25) is 0 Å². The molecule has 0 radical (unpaired) electrons. The smallest absolute Gasteiger partial charge is 0.400 e. The molecule has 0 aliphatic rings. The first-order valence-electron chi connectivity index (χ1n) is 5.06. The lowest BCUT2D eigenvalue weighted by molar-refractivity contribution is -0.159. The van der Waals surface area contributed by atoms with Crippen LogP contribution in [-0.4, -0.2) is 67.8 Å². The van der Waals surface area contributed by atoms with Crippen molar-refractivity contribution < 1.29 is 18.4 Å². The van der Waals surface area contributed by atoms with Crippen molar-refractivity contribution in [1.29, 1.82) is 0 Å². The molecular formula is C9H19F3N4O. The fourth-order valence-electron chi connectivity index (χ4n) is 1.21. The van der Waals surface area contributed by atoms with Gasteiger partial charge < -0.3 is 20.7 Å². The third kappa shape index (κ3) is 6.32. The molecule has 0 spiro atoms. The fraction of sp³-hybridized carbons (Fsp3) is 0.889. The van der Waals surface area contributed by atoms with Crippen molar-refractivity contribution in [1.82, 2.24) is 9.80 Å². The minimum atomic E-state index is -4.51. The first-order valence-corrected chi connectivity index (χ1v) is 5.06. The summed E-state index contributed by atoms with van der Waals surface area (Å²) in [7, 11) is 5.23. The van der Waals surface area contributed by atoms with Crippen molar-refractivity contribution >= 4 is 5.84 Å². The van der Waals surface area contributed by atoms with Crippen LogP contribution < -0.4 is 5.73 Å². The molecule has 0 aliphatic carbocycles. The summed E-state index contributed by atoms with van der Waals surface area (Å²) >= 11 is 0. The molecule has 0 aliphatic heterocycles. The summed E-state index contributed by atoms with van der Waals surface area (Å²) in [6.45, 7) is 0.781. The summed E-state index contributed by atoms with van der Waals surface area (Å²) in [6, 6.07) is 0. The highest BCUT2D eigenvalue weighted by Crippen LogP contribution is 2.26. The van der Waals surface area contributed by atoms with Crippen molar-refractivity contribution in [2.24, 2.45) is 16.8 Å². The summed E-state index contributed by atoms with van der Waals surface area (Å²) in [4.78, 5) is 3.36. The number of hydrogen-bond donors (Lipinski definition) is 2. The van der Waals surface area contributed by atoms with Gasteiger partial charge in [0.2, 0.25) is 0 Å². The van der Waals surface area contributed by atoms with Gasteiger partial charge in [-0.25, -0.2) is 0 Å². The zero-order valence-corrected chi connectivity index (χ0v) is 10.2. The number of rotatable bonds is 6. The molecule has 0 saturated carbocycles. The number of nitrogens with zero attached hydrogens (tertiary/aromatic N) is 3. The Morgan fingerprint density at radius 1 is 1.29 bits per heavy atom. The Bertz CT molecular complexity index is 255. The molecule has 0 aromatic heterocycles. The molecule has 0 fully saturated rings. The average Bonchev–Trinajstić information content (AvgIpc) is 2.20. The second-order valence-electron chi connectivity index (χ2n) is 4.18. The maximum Gasteiger partial charge on any atom is 0.400 e. The van der Waals surface area contributed by atoms with Gasteiger partial charge in [0.1, 0.15) is 5.92 Å². The van der Waals surface area contributed by atoms with Crippen LogP contribution in [0.1, 0.15) is 0 Å². The van der Waals surface area contributed by atoms with E-state index in [0.717, 1.165) is 0 Å². The number of nitrogens with two attached hydrogens (primary N) is 1. The Labute approximate surface area is 98.7 Å². The molecule has 8 heteroatoms. The Kier molecular flexibility index (Phi) is 6.25. The van der Waals surface area contributed by atoms with E-state index < -0.39 is 17.9 Å². The summed E-state index contributed by atoms with van der Waals surface area (Å²) in [5, 5.41) is 10.8. The molecule has 0 amide bonds. The molecule has 0 rings (SSSR count). The van der Waals surface area contributed by atoms with E-state index in [0.29, 0.717) is 13.1 Å². The van der Waals surface area contributed by atoms with Crippen LogP contribution in [0.2, 0.25) is 0 Å². The monoisotopic (exact) mass is 256 g/mol. The molecule has 102 valence electrons. The lowest BCUT2D eigenvalue weighted by atomic mass is 10.1. The van der Waals surface area contributed by atoms with E-state index in [-0.39, 0.29) is 6.54 Å². The van der Waals surface area contributed by atoms with Crippen LogP contribution in [0.15, 0.2) is 5.16 Å². The van der Waals surface area contributed by atoms with Crippen LogP contribution in [0, 0.1) is 5.92 Å². The van der Waals surface area contributed by atoms with Crippen molar-refractivity contribution in [3.05, 3.63) is 0 Å². The SMILES string of the molecule is CN(C)CCN(C)CC(C(N)=NO)C(F)(F)F. The average molecular weight is 256 g/mol. The molecule has 0 heterocycles. The lowest BCUT2D eigenvalue weighted by Gasteiger charge is -2.25. The molecule has 0 saturated heterocycles. The van der Waals surface area contributed by atoms with Crippen LogP contribution in [0.5, 0.6) is 0 Å². The summed E-state index contributed by atoms with van der Waals surface area (Å²) in [5.41, 5.74) is 5.05. The zero-order chi connectivity index (χ0) is 13.6. The number of alkyl halides is 3. The Morgan fingerprint density at radius 3 is 2.18 bits per heavy atom. The van der Waals surface area contributed by atoms with Crippen molar-refractivity contribution in [2.75, 3.05) is 40.8 Å². The maximum atomic E-state index is 12.6. The summed E-state index contributed by atoms with van der Waals surface area (Å²) in [5.74, 6) is -2.76. The van der Waals surface area contributed by atoms with Crippen LogP contribution in [0.25, 0.3) is 0 Å². The normalized spacial score (nSPS) is 15.6. The predicted molar refractivity (Wildman–Crippen MR) is 59.0 cm³/mol. The Morgan fingerprint density at radius 2 is 1.82 bits per heavy atom. The minimum absolute atomic E-state index is 0.326. The van der Waals surface area contributed by atoms with Gasteiger partial charge in [0.05, 0.1) is 0 Å². The highest BCUT2D eigenvalue weighted by atomic mass is 19.4. The van der Waals surface area contributed by atoms with E-state index >= 15 is 0 Å². The molecule has 3 N–H and O–H groups in total. The van der Waals surface area contributed by atoms with Gasteiger partial charge in [-0.2, -0.15) is 13.2 Å². The Hall–Kier alpha value is -1.02. The van der Waals surface area contributed by atoms with Crippen LogP contribution >= 0.6 is 0 Å². The molecule has 5 nitrogen and oxygen atoms in total. The molecule has 1 atom stereocenters. The largest absolute Gasteiger partial charge is 0.409 e. The Balaban J connectivity index is 4.45. The molecule has 17 heavy (non-hydrogen) atoms. The molecule has 0 aromatic rings. The maximum absolute atomic E-state index is 12.6. The molecule has 1 unspecified atom stereocenters. The van der Waals surface area contributed by atoms with E-state index in [9.17, 15) is 13.2 Å². The number of amidine groups is 1.